The number of hydrogen-bond donors (Lipinski definition) is 1. The van der Waals surface area contributed by atoms with Crippen LogP contribution in [0.4, 0.5) is 9.52 Å². The van der Waals surface area contributed by atoms with Gasteiger partial charge in [-0.2, -0.15) is 0 Å². The van der Waals surface area contributed by atoms with Gasteiger partial charge in [0.15, 0.2) is 5.13 Å². The highest BCUT2D eigenvalue weighted by Crippen LogP contribution is 2.32. The molecule has 1 heterocycles. The molecular weight excluding hydrogens is 394 g/mol. The van der Waals surface area contributed by atoms with Gasteiger partial charge in [-0.05, 0) is 24.3 Å². The fraction of sp³-hybridized carbons (Fsp3) is 0. The molecule has 0 aliphatic heterocycles. The normalized spacial score (nSPS) is 11.5. The van der Waals surface area contributed by atoms with E-state index in [-0.39, 0.29) is 15.0 Å². The Morgan fingerprint density at radius 3 is 2.54 bits per heavy atom. The third-order valence-electron chi connectivity index (χ3n) is 3.06. The monoisotopic (exact) mass is 402 g/mol. The van der Waals surface area contributed by atoms with Crippen LogP contribution in [0.3, 0.4) is 0 Å². The molecule has 0 fully saturated rings. The molecule has 3 aromatic rings. The number of halogens is 3. The van der Waals surface area contributed by atoms with Crippen LogP contribution in [0.25, 0.3) is 11.3 Å². The summed E-state index contributed by atoms with van der Waals surface area (Å²) >= 11 is 13.0. The highest BCUT2D eigenvalue weighted by Gasteiger charge is 2.20. The minimum absolute atomic E-state index is 0.158. The lowest BCUT2D eigenvalue weighted by Gasteiger charge is -2.07. The van der Waals surface area contributed by atoms with Crippen LogP contribution in [-0.2, 0) is 10.0 Å². The molecule has 0 radical (unpaired) electrons. The van der Waals surface area contributed by atoms with E-state index in [4.69, 9.17) is 23.2 Å². The molecule has 0 amide bonds. The zero-order valence-corrected chi connectivity index (χ0v) is 15.0. The third-order valence-corrected chi connectivity index (χ3v) is 6.10. The van der Waals surface area contributed by atoms with Gasteiger partial charge in [-0.3, -0.25) is 4.72 Å². The molecule has 0 spiro atoms. The molecular formula is C15H9Cl2FN2O2S2. The molecule has 0 aliphatic carbocycles. The molecule has 4 nitrogen and oxygen atoms in total. The van der Waals surface area contributed by atoms with Crippen LogP contribution in [-0.4, -0.2) is 13.4 Å². The summed E-state index contributed by atoms with van der Waals surface area (Å²) in [6.45, 7) is 0. The average molecular weight is 403 g/mol. The molecule has 9 heteroatoms. The number of benzene rings is 2. The van der Waals surface area contributed by atoms with Crippen molar-refractivity contribution < 1.29 is 12.8 Å². The van der Waals surface area contributed by atoms with Crippen molar-refractivity contribution in [3.05, 3.63) is 63.7 Å². The molecule has 2 aromatic carbocycles. The van der Waals surface area contributed by atoms with Crippen molar-refractivity contribution in [3.63, 3.8) is 0 Å². The van der Waals surface area contributed by atoms with Gasteiger partial charge in [-0.25, -0.2) is 17.8 Å². The Balaban J connectivity index is 1.90. The summed E-state index contributed by atoms with van der Waals surface area (Å²) in [4.78, 5) is 4.00. The highest BCUT2D eigenvalue weighted by molar-refractivity contribution is 7.93. The molecule has 24 heavy (non-hydrogen) atoms. The fourth-order valence-electron chi connectivity index (χ4n) is 1.98. The summed E-state index contributed by atoms with van der Waals surface area (Å²) in [5.41, 5.74) is 1.24. The van der Waals surface area contributed by atoms with Gasteiger partial charge in [0.2, 0.25) is 0 Å². The van der Waals surface area contributed by atoms with Gasteiger partial charge < -0.3 is 0 Å². The summed E-state index contributed by atoms with van der Waals surface area (Å²) in [5, 5.41) is 2.15. The maximum absolute atomic E-state index is 13.1. The van der Waals surface area contributed by atoms with E-state index in [1.165, 1.54) is 0 Å². The van der Waals surface area contributed by atoms with Gasteiger partial charge in [-0.1, -0.05) is 41.4 Å². The minimum Gasteiger partial charge on any atom is -0.255 e. The number of anilines is 1. The molecule has 0 bridgehead atoms. The molecule has 0 atom stereocenters. The first-order valence-corrected chi connectivity index (χ1v) is 9.67. The van der Waals surface area contributed by atoms with Crippen molar-refractivity contribution in [2.24, 2.45) is 0 Å². The lowest BCUT2D eigenvalue weighted by molar-refractivity contribution is 0.599. The van der Waals surface area contributed by atoms with Crippen LogP contribution in [0.15, 0.2) is 52.7 Å². The van der Waals surface area contributed by atoms with Crippen molar-refractivity contribution in [1.29, 1.82) is 0 Å². The topological polar surface area (TPSA) is 59.1 Å². The predicted octanol–water partition coefficient (Wildman–Crippen LogP) is 5.06. The maximum atomic E-state index is 13.1. The second-order valence-corrected chi connectivity index (χ2v) is 8.02. The Morgan fingerprint density at radius 2 is 1.83 bits per heavy atom. The van der Waals surface area contributed by atoms with Crippen molar-refractivity contribution in [3.8, 4) is 11.3 Å². The minimum atomic E-state index is -3.97. The molecule has 0 aliphatic rings. The number of hydrogen-bond acceptors (Lipinski definition) is 4. The van der Waals surface area contributed by atoms with Crippen LogP contribution >= 0.6 is 34.5 Å². The van der Waals surface area contributed by atoms with E-state index in [1.807, 2.05) is 6.07 Å². The molecule has 3 rings (SSSR count). The quantitative estimate of drug-likeness (QED) is 0.663. The lowest BCUT2D eigenvalue weighted by Crippen LogP contribution is -2.13. The zero-order chi connectivity index (χ0) is 17.3. The first-order chi connectivity index (χ1) is 11.4. The van der Waals surface area contributed by atoms with E-state index in [0.29, 0.717) is 16.3 Å². The van der Waals surface area contributed by atoms with Gasteiger partial charge in [0.25, 0.3) is 10.0 Å². The first-order valence-electron chi connectivity index (χ1n) is 6.55. The standard InChI is InChI=1S/C15H9Cl2FN2O2S2/c16-11-4-2-1-3-10(11)13-8-23-15(19-13)20-24(21,22)14-6-5-9(18)7-12(14)17/h1-8H,(H,19,20). The molecule has 124 valence electrons. The Kier molecular flexibility index (Phi) is 4.78. The summed E-state index contributed by atoms with van der Waals surface area (Å²) in [6, 6.07) is 10.2. The number of aromatic nitrogens is 1. The third kappa shape index (κ3) is 3.54. The number of sulfonamides is 1. The summed E-state index contributed by atoms with van der Waals surface area (Å²) in [6.07, 6.45) is 0. The SMILES string of the molecule is O=S(=O)(Nc1nc(-c2ccccc2Cl)cs1)c1ccc(F)cc1Cl. The van der Waals surface area contributed by atoms with Gasteiger partial charge in [0.1, 0.15) is 10.7 Å². The second kappa shape index (κ2) is 6.68. The largest absolute Gasteiger partial charge is 0.265 e. The van der Waals surface area contributed by atoms with Crippen molar-refractivity contribution in [2.45, 2.75) is 4.90 Å². The molecule has 0 saturated heterocycles. The van der Waals surface area contributed by atoms with E-state index in [0.717, 1.165) is 29.5 Å². The number of nitrogens with one attached hydrogen (secondary N) is 1. The van der Waals surface area contributed by atoms with Gasteiger partial charge in [0.05, 0.1) is 10.7 Å². The van der Waals surface area contributed by atoms with Gasteiger partial charge in [-0.15, -0.1) is 11.3 Å². The molecule has 0 unspecified atom stereocenters. The molecule has 1 aromatic heterocycles. The van der Waals surface area contributed by atoms with E-state index in [2.05, 4.69) is 9.71 Å². The van der Waals surface area contributed by atoms with Gasteiger partial charge in [0, 0.05) is 16.0 Å². The Morgan fingerprint density at radius 1 is 1.08 bits per heavy atom. The van der Waals surface area contributed by atoms with Crippen LogP contribution < -0.4 is 4.72 Å². The Hall–Kier alpha value is -1.67. The highest BCUT2D eigenvalue weighted by atomic mass is 35.5. The summed E-state index contributed by atoms with van der Waals surface area (Å²) < 4.78 is 40.1. The van der Waals surface area contributed by atoms with E-state index in [1.54, 1.807) is 23.6 Å². The summed E-state index contributed by atoms with van der Waals surface area (Å²) in [5.74, 6) is -0.616. The van der Waals surface area contributed by atoms with Crippen LogP contribution in [0, 0.1) is 5.82 Å². The number of thiazole rings is 1. The van der Waals surface area contributed by atoms with Gasteiger partial charge >= 0.3 is 0 Å². The lowest BCUT2D eigenvalue weighted by atomic mass is 10.2. The van der Waals surface area contributed by atoms with Crippen LogP contribution in [0.5, 0.6) is 0 Å². The van der Waals surface area contributed by atoms with Crippen molar-refractivity contribution in [1.82, 2.24) is 4.98 Å². The first kappa shape index (κ1) is 17.2. The number of rotatable bonds is 4. The van der Waals surface area contributed by atoms with E-state index >= 15 is 0 Å². The molecule has 0 saturated carbocycles. The molecule has 1 N–H and O–H groups in total. The number of nitrogens with zero attached hydrogens (tertiary/aromatic N) is 1. The predicted molar refractivity (Wildman–Crippen MR) is 94.8 cm³/mol. The van der Waals surface area contributed by atoms with Crippen LogP contribution in [0.2, 0.25) is 10.0 Å². The zero-order valence-electron chi connectivity index (χ0n) is 11.8. The Bertz CT molecular complexity index is 1010. The van der Waals surface area contributed by atoms with Crippen LogP contribution in [0.1, 0.15) is 0 Å². The maximum Gasteiger partial charge on any atom is 0.265 e. The summed E-state index contributed by atoms with van der Waals surface area (Å²) in [7, 11) is -3.97. The fourth-order valence-corrected chi connectivity index (χ4v) is 4.70. The smallest absolute Gasteiger partial charge is 0.255 e. The second-order valence-electron chi connectivity index (χ2n) is 4.70. The van der Waals surface area contributed by atoms with Crippen molar-refractivity contribution in [2.75, 3.05) is 4.72 Å². The average Bonchev–Trinajstić information content (AvgIpc) is 2.94. The van der Waals surface area contributed by atoms with E-state index in [9.17, 15) is 12.8 Å². The van der Waals surface area contributed by atoms with Crippen molar-refractivity contribution >= 4 is 49.7 Å². The van der Waals surface area contributed by atoms with E-state index < -0.39 is 15.8 Å². The Labute approximate surface area is 151 Å².